The molecule has 0 saturated heterocycles. The molecule has 3 nitrogen and oxygen atoms in total. The second-order valence-electron chi connectivity index (χ2n) is 5.88. The number of halogens is 2. The van der Waals surface area contributed by atoms with Gasteiger partial charge in [0.15, 0.2) is 0 Å². The van der Waals surface area contributed by atoms with Crippen LogP contribution in [0.3, 0.4) is 0 Å². The Bertz CT molecular complexity index is 851. The minimum absolute atomic E-state index is 0.156. The SMILES string of the molecule is C[C@@H](N[C@@H](c1ccc(F)cc1)c1cccs1)C(=O)Nc1ccc(Cl)cc1. The molecule has 1 heterocycles. The van der Waals surface area contributed by atoms with Gasteiger partial charge in [-0.25, -0.2) is 4.39 Å². The molecule has 1 amide bonds. The monoisotopic (exact) mass is 388 g/mol. The topological polar surface area (TPSA) is 41.1 Å². The molecule has 3 rings (SSSR count). The molecule has 134 valence electrons. The van der Waals surface area contributed by atoms with E-state index in [-0.39, 0.29) is 17.8 Å². The highest BCUT2D eigenvalue weighted by Gasteiger charge is 2.21. The average Bonchev–Trinajstić information content (AvgIpc) is 3.16. The largest absolute Gasteiger partial charge is 0.325 e. The maximum absolute atomic E-state index is 13.3. The zero-order valence-corrected chi connectivity index (χ0v) is 15.7. The molecule has 0 unspecified atom stereocenters. The predicted octanol–water partition coefficient (Wildman–Crippen LogP) is 5.25. The van der Waals surface area contributed by atoms with Gasteiger partial charge in [-0.05, 0) is 60.3 Å². The summed E-state index contributed by atoms with van der Waals surface area (Å²) < 4.78 is 13.3. The summed E-state index contributed by atoms with van der Waals surface area (Å²) in [6.07, 6.45) is 0. The van der Waals surface area contributed by atoms with Crippen LogP contribution in [-0.2, 0) is 4.79 Å². The van der Waals surface area contributed by atoms with Crippen molar-refractivity contribution in [2.75, 3.05) is 5.32 Å². The van der Waals surface area contributed by atoms with Crippen molar-refractivity contribution in [2.24, 2.45) is 0 Å². The van der Waals surface area contributed by atoms with E-state index in [1.807, 2.05) is 17.5 Å². The van der Waals surface area contributed by atoms with Crippen LogP contribution in [-0.4, -0.2) is 11.9 Å². The minimum atomic E-state index is -0.456. The van der Waals surface area contributed by atoms with Crippen molar-refractivity contribution >= 4 is 34.5 Å². The second kappa shape index (κ2) is 8.45. The number of nitrogens with one attached hydrogen (secondary N) is 2. The standard InChI is InChI=1S/C20H18ClFN2OS/c1-13(20(25)24-17-10-6-15(21)7-11-17)23-19(18-3-2-12-26-18)14-4-8-16(22)9-5-14/h2-13,19,23H,1H3,(H,24,25)/t13-,19+/m1/s1. The lowest BCUT2D eigenvalue weighted by Crippen LogP contribution is -2.40. The molecule has 0 saturated carbocycles. The van der Waals surface area contributed by atoms with Gasteiger partial charge in [0.05, 0.1) is 12.1 Å². The van der Waals surface area contributed by atoms with Gasteiger partial charge in [-0.15, -0.1) is 11.3 Å². The zero-order valence-electron chi connectivity index (χ0n) is 14.1. The molecule has 2 N–H and O–H groups in total. The Kier molecular flexibility index (Phi) is 6.04. The third-order valence-electron chi connectivity index (χ3n) is 3.95. The Labute approximate surface area is 160 Å². The van der Waals surface area contributed by atoms with Crippen molar-refractivity contribution in [3.63, 3.8) is 0 Å². The fourth-order valence-electron chi connectivity index (χ4n) is 2.56. The number of thiophene rings is 1. The molecular weight excluding hydrogens is 371 g/mol. The number of benzene rings is 2. The van der Waals surface area contributed by atoms with Crippen LogP contribution < -0.4 is 10.6 Å². The number of anilines is 1. The molecule has 0 radical (unpaired) electrons. The van der Waals surface area contributed by atoms with Gasteiger partial charge < -0.3 is 5.32 Å². The number of carbonyl (C=O) groups is 1. The van der Waals surface area contributed by atoms with Gasteiger partial charge in [0, 0.05) is 15.6 Å². The Hall–Kier alpha value is -2.21. The summed E-state index contributed by atoms with van der Waals surface area (Å²) in [7, 11) is 0. The zero-order chi connectivity index (χ0) is 18.5. The lowest BCUT2D eigenvalue weighted by Gasteiger charge is -2.22. The number of amides is 1. The van der Waals surface area contributed by atoms with Crippen LogP contribution in [0.4, 0.5) is 10.1 Å². The fraction of sp³-hybridized carbons (Fsp3) is 0.150. The van der Waals surface area contributed by atoms with E-state index in [1.54, 1.807) is 54.7 Å². The van der Waals surface area contributed by atoms with Crippen molar-refractivity contribution in [3.8, 4) is 0 Å². The molecule has 1 aromatic heterocycles. The average molecular weight is 389 g/mol. The molecule has 0 aliphatic heterocycles. The minimum Gasteiger partial charge on any atom is -0.325 e. The van der Waals surface area contributed by atoms with Crippen molar-refractivity contribution in [3.05, 3.63) is 87.3 Å². The van der Waals surface area contributed by atoms with Gasteiger partial charge in [-0.2, -0.15) is 0 Å². The van der Waals surface area contributed by atoms with Crippen molar-refractivity contribution in [1.29, 1.82) is 0 Å². The molecule has 0 fully saturated rings. The molecular formula is C20H18ClFN2OS. The summed E-state index contributed by atoms with van der Waals surface area (Å²) in [6.45, 7) is 1.80. The molecule has 2 aromatic carbocycles. The third kappa shape index (κ3) is 4.69. The molecule has 26 heavy (non-hydrogen) atoms. The molecule has 6 heteroatoms. The highest BCUT2D eigenvalue weighted by molar-refractivity contribution is 7.10. The molecule has 0 spiro atoms. The first-order valence-corrected chi connectivity index (χ1v) is 9.40. The van der Waals surface area contributed by atoms with Crippen LogP contribution in [0.15, 0.2) is 66.0 Å². The molecule has 2 atom stereocenters. The predicted molar refractivity (Wildman–Crippen MR) is 105 cm³/mol. The van der Waals surface area contributed by atoms with Crippen LogP contribution in [0, 0.1) is 5.82 Å². The van der Waals surface area contributed by atoms with Gasteiger partial charge in [0.2, 0.25) is 5.91 Å². The Morgan fingerprint density at radius 1 is 1.08 bits per heavy atom. The highest BCUT2D eigenvalue weighted by atomic mass is 35.5. The van der Waals surface area contributed by atoms with E-state index < -0.39 is 6.04 Å². The first-order chi connectivity index (χ1) is 12.5. The molecule has 0 bridgehead atoms. The van der Waals surface area contributed by atoms with Crippen LogP contribution >= 0.6 is 22.9 Å². The number of rotatable bonds is 6. The highest BCUT2D eigenvalue weighted by Crippen LogP contribution is 2.27. The van der Waals surface area contributed by atoms with Crippen molar-refractivity contribution in [2.45, 2.75) is 19.0 Å². The van der Waals surface area contributed by atoms with Gasteiger partial charge >= 0.3 is 0 Å². The summed E-state index contributed by atoms with van der Waals surface area (Å²) in [5.41, 5.74) is 1.59. The van der Waals surface area contributed by atoms with Crippen molar-refractivity contribution in [1.82, 2.24) is 5.32 Å². The van der Waals surface area contributed by atoms with Crippen LogP contribution in [0.5, 0.6) is 0 Å². The van der Waals surface area contributed by atoms with Gasteiger partial charge in [-0.3, -0.25) is 10.1 Å². The Balaban J connectivity index is 1.74. The number of hydrogen-bond acceptors (Lipinski definition) is 3. The summed E-state index contributed by atoms with van der Waals surface area (Å²) in [6, 6.07) is 16.6. The van der Waals surface area contributed by atoms with E-state index in [9.17, 15) is 9.18 Å². The summed E-state index contributed by atoms with van der Waals surface area (Å²) in [5, 5.41) is 8.79. The first-order valence-electron chi connectivity index (χ1n) is 8.14. The summed E-state index contributed by atoms with van der Waals surface area (Å²) in [5.74, 6) is -0.441. The maximum atomic E-state index is 13.3. The Morgan fingerprint density at radius 2 is 1.77 bits per heavy atom. The quantitative estimate of drug-likeness (QED) is 0.605. The lowest BCUT2D eigenvalue weighted by molar-refractivity contribution is -0.117. The third-order valence-corrected chi connectivity index (χ3v) is 5.14. The van der Waals surface area contributed by atoms with Gasteiger partial charge in [0.25, 0.3) is 0 Å². The van der Waals surface area contributed by atoms with Crippen LogP contribution in [0.1, 0.15) is 23.4 Å². The van der Waals surface area contributed by atoms with Crippen molar-refractivity contribution < 1.29 is 9.18 Å². The van der Waals surface area contributed by atoms with E-state index in [1.165, 1.54) is 12.1 Å². The van der Waals surface area contributed by atoms with E-state index in [0.29, 0.717) is 10.7 Å². The second-order valence-corrected chi connectivity index (χ2v) is 7.30. The normalized spacial score (nSPS) is 13.2. The smallest absolute Gasteiger partial charge is 0.241 e. The van der Waals surface area contributed by atoms with E-state index in [2.05, 4.69) is 10.6 Å². The first kappa shape index (κ1) is 18.6. The van der Waals surface area contributed by atoms with E-state index in [4.69, 9.17) is 11.6 Å². The lowest BCUT2D eigenvalue weighted by atomic mass is 10.0. The number of hydrogen-bond donors (Lipinski definition) is 2. The molecule has 0 aliphatic rings. The van der Waals surface area contributed by atoms with Gasteiger partial charge in [0.1, 0.15) is 5.82 Å². The number of carbonyl (C=O) groups excluding carboxylic acids is 1. The van der Waals surface area contributed by atoms with E-state index in [0.717, 1.165) is 10.4 Å². The fourth-order valence-corrected chi connectivity index (χ4v) is 3.50. The van der Waals surface area contributed by atoms with Gasteiger partial charge in [-0.1, -0.05) is 29.8 Å². The molecule has 3 aromatic rings. The maximum Gasteiger partial charge on any atom is 0.241 e. The van der Waals surface area contributed by atoms with E-state index >= 15 is 0 Å². The summed E-state index contributed by atoms with van der Waals surface area (Å²) in [4.78, 5) is 13.6. The summed E-state index contributed by atoms with van der Waals surface area (Å²) >= 11 is 7.45. The Morgan fingerprint density at radius 3 is 2.38 bits per heavy atom. The van der Waals surface area contributed by atoms with Crippen LogP contribution in [0.25, 0.3) is 0 Å². The molecule has 0 aliphatic carbocycles. The van der Waals surface area contributed by atoms with Crippen LogP contribution in [0.2, 0.25) is 5.02 Å².